The summed E-state index contributed by atoms with van der Waals surface area (Å²) in [4.78, 5) is 24.3. The third kappa shape index (κ3) is 6.80. The average molecular weight is 500 g/mol. The number of aryl methyl sites for hydroxylation is 1. The number of hydrogen-bond donors (Lipinski definition) is 3. The van der Waals surface area contributed by atoms with Gasteiger partial charge in [-0.3, -0.25) is 25.2 Å². The van der Waals surface area contributed by atoms with Gasteiger partial charge in [-0.15, -0.1) is 0 Å². The molecule has 0 saturated heterocycles. The second-order valence-corrected chi connectivity index (χ2v) is 9.78. The van der Waals surface area contributed by atoms with Crippen LogP contribution < -0.4 is 20.3 Å². The molecule has 0 spiro atoms. The van der Waals surface area contributed by atoms with E-state index in [0.717, 1.165) is 17.2 Å². The number of para-hydroxylation sites is 1. The van der Waals surface area contributed by atoms with Crippen molar-refractivity contribution >= 4 is 27.5 Å². The molecular formula is C25H26FN3O5S. The molecule has 0 heterocycles. The van der Waals surface area contributed by atoms with Crippen LogP contribution >= 0.6 is 0 Å². The number of carbonyl (C=O) groups is 2. The van der Waals surface area contributed by atoms with E-state index in [0.29, 0.717) is 5.75 Å². The maximum atomic E-state index is 13.8. The SMILES string of the molecule is Cc1ccc(C(C)C)c(OCC(=O)NNC(=O)c2ccc(S(=O)(=O)Nc3ccccc3F)cc2)c1. The summed E-state index contributed by atoms with van der Waals surface area (Å²) in [7, 11) is -4.06. The standard InChI is InChI=1S/C25H26FN3O5S/c1-16(2)20-13-8-17(3)14-23(20)34-15-24(30)27-28-25(31)18-9-11-19(12-10-18)35(32,33)29-22-7-5-4-6-21(22)26/h4-14,16,29H,15H2,1-3H3,(H,27,30)(H,28,31). The molecule has 0 saturated carbocycles. The van der Waals surface area contributed by atoms with Crippen LogP contribution in [0.5, 0.6) is 5.75 Å². The Balaban J connectivity index is 1.56. The number of carbonyl (C=O) groups excluding carboxylic acids is 2. The number of anilines is 1. The van der Waals surface area contributed by atoms with Crippen LogP contribution in [-0.2, 0) is 14.8 Å². The van der Waals surface area contributed by atoms with Crippen molar-refractivity contribution in [2.75, 3.05) is 11.3 Å². The Morgan fingerprint density at radius 2 is 1.66 bits per heavy atom. The fourth-order valence-corrected chi connectivity index (χ4v) is 4.22. The summed E-state index contributed by atoms with van der Waals surface area (Å²) in [5.41, 5.74) is 6.40. The molecule has 3 aromatic rings. The third-order valence-corrected chi connectivity index (χ3v) is 6.39. The minimum absolute atomic E-state index is 0.108. The number of halogens is 1. The zero-order valence-corrected chi connectivity index (χ0v) is 20.3. The monoisotopic (exact) mass is 499 g/mol. The van der Waals surface area contributed by atoms with Crippen molar-refractivity contribution in [2.24, 2.45) is 0 Å². The first-order valence-corrected chi connectivity index (χ1v) is 12.2. The maximum absolute atomic E-state index is 13.8. The maximum Gasteiger partial charge on any atom is 0.276 e. The third-order valence-electron chi connectivity index (χ3n) is 5.01. The lowest BCUT2D eigenvalue weighted by Crippen LogP contribution is -2.43. The van der Waals surface area contributed by atoms with Crippen LogP contribution in [0, 0.1) is 12.7 Å². The predicted molar refractivity (Wildman–Crippen MR) is 130 cm³/mol. The van der Waals surface area contributed by atoms with Crippen LogP contribution in [0.2, 0.25) is 0 Å². The number of ether oxygens (including phenoxy) is 1. The summed E-state index contributed by atoms with van der Waals surface area (Å²) in [5.74, 6) is -1.12. The Kier molecular flexibility index (Phi) is 8.08. The molecule has 0 aliphatic carbocycles. The number of rotatable bonds is 8. The number of benzene rings is 3. The van der Waals surface area contributed by atoms with Crippen LogP contribution in [0.15, 0.2) is 71.6 Å². The Hall–Kier alpha value is -3.92. The van der Waals surface area contributed by atoms with Crippen LogP contribution in [-0.4, -0.2) is 26.8 Å². The highest BCUT2D eigenvalue weighted by Crippen LogP contribution is 2.27. The van der Waals surface area contributed by atoms with Gasteiger partial charge in [-0.2, -0.15) is 0 Å². The second kappa shape index (κ2) is 11.0. The predicted octanol–water partition coefficient (Wildman–Crippen LogP) is 3.90. The number of nitrogens with one attached hydrogen (secondary N) is 3. The first kappa shape index (κ1) is 25.7. The molecule has 0 bridgehead atoms. The number of sulfonamides is 1. The molecule has 0 radical (unpaired) electrons. The van der Waals surface area contributed by atoms with Gasteiger partial charge in [-0.25, -0.2) is 12.8 Å². The normalized spacial score (nSPS) is 11.1. The summed E-state index contributed by atoms with van der Waals surface area (Å²) >= 11 is 0. The smallest absolute Gasteiger partial charge is 0.276 e. The first-order chi connectivity index (χ1) is 16.6. The van der Waals surface area contributed by atoms with Gasteiger partial charge in [-0.1, -0.05) is 38.1 Å². The van der Waals surface area contributed by atoms with Crippen LogP contribution in [0.1, 0.15) is 41.3 Å². The van der Waals surface area contributed by atoms with Crippen molar-refractivity contribution in [3.8, 4) is 5.75 Å². The summed E-state index contributed by atoms with van der Waals surface area (Å²) in [6.45, 7) is 5.65. The van der Waals surface area contributed by atoms with E-state index < -0.39 is 27.7 Å². The zero-order valence-electron chi connectivity index (χ0n) is 19.5. The Bertz CT molecular complexity index is 1330. The quantitative estimate of drug-likeness (QED) is 0.407. The summed E-state index contributed by atoms with van der Waals surface area (Å²) in [5, 5.41) is 0. The summed E-state index contributed by atoms with van der Waals surface area (Å²) in [6, 6.07) is 16.1. The van der Waals surface area contributed by atoms with Gasteiger partial charge < -0.3 is 4.74 Å². The first-order valence-electron chi connectivity index (χ1n) is 10.8. The molecule has 10 heteroatoms. The van der Waals surface area contributed by atoms with Crippen molar-refractivity contribution in [2.45, 2.75) is 31.6 Å². The fourth-order valence-electron chi connectivity index (χ4n) is 3.15. The molecule has 3 aromatic carbocycles. The average Bonchev–Trinajstić information content (AvgIpc) is 2.82. The molecule has 184 valence electrons. The Morgan fingerprint density at radius 3 is 2.31 bits per heavy atom. The van der Waals surface area contributed by atoms with Crippen LogP contribution in [0.25, 0.3) is 0 Å². The minimum Gasteiger partial charge on any atom is -0.483 e. The van der Waals surface area contributed by atoms with Crippen molar-refractivity contribution in [3.05, 3.63) is 89.2 Å². The minimum atomic E-state index is -4.06. The number of amides is 2. The summed E-state index contributed by atoms with van der Waals surface area (Å²) < 4.78 is 46.5. The van der Waals surface area contributed by atoms with E-state index in [1.165, 1.54) is 42.5 Å². The zero-order chi connectivity index (χ0) is 25.6. The highest BCUT2D eigenvalue weighted by molar-refractivity contribution is 7.92. The van der Waals surface area contributed by atoms with Gasteiger partial charge in [-0.05, 0) is 66.4 Å². The van der Waals surface area contributed by atoms with Crippen molar-refractivity contribution in [1.29, 1.82) is 0 Å². The number of hydrogen-bond acceptors (Lipinski definition) is 5. The molecular weight excluding hydrogens is 473 g/mol. The van der Waals surface area contributed by atoms with Gasteiger partial charge >= 0.3 is 0 Å². The van der Waals surface area contributed by atoms with E-state index in [1.807, 2.05) is 39.0 Å². The molecule has 0 aliphatic rings. The Labute approximate surface area is 203 Å². The molecule has 0 fully saturated rings. The molecule has 35 heavy (non-hydrogen) atoms. The van der Waals surface area contributed by atoms with Gasteiger partial charge in [0, 0.05) is 5.56 Å². The lowest BCUT2D eigenvalue weighted by atomic mass is 10.0. The van der Waals surface area contributed by atoms with Gasteiger partial charge in [0.15, 0.2) is 6.61 Å². The summed E-state index contributed by atoms with van der Waals surface area (Å²) in [6.07, 6.45) is 0. The molecule has 0 unspecified atom stereocenters. The van der Waals surface area contributed by atoms with Crippen LogP contribution in [0.4, 0.5) is 10.1 Å². The van der Waals surface area contributed by atoms with E-state index in [2.05, 4.69) is 15.6 Å². The van der Waals surface area contributed by atoms with E-state index in [4.69, 9.17) is 4.74 Å². The molecule has 0 aliphatic heterocycles. The molecule has 2 amide bonds. The molecule has 8 nitrogen and oxygen atoms in total. The molecule has 0 aromatic heterocycles. The van der Waals surface area contributed by atoms with Crippen molar-refractivity contribution in [3.63, 3.8) is 0 Å². The Morgan fingerprint density at radius 1 is 0.971 bits per heavy atom. The molecule has 3 N–H and O–H groups in total. The second-order valence-electron chi connectivity index (χ2n) is 8.10. The van der Waals surface area contributed by atoms with E-state index in [1.54, 1.807) is 0 Å². The van der Waals surface area contributed by atoms with Gasteiger partial charge in [0.05, 0.1) is 10.6 Å². The topological polar surface area (TPSA) is 114 Å². The largest absolute Gasteiger partial charge is 0.483 e. The van der Waals surface area contributed by atoms with Gasteiger partial charge in [0.25, 0.3) is 21.8 Å². The van der Waals surface area contributed by atoms with E-state index >= 15 is 0 Å². The molecule has 0 atom stereocenters. The van der Waals surface area contributed by atoms with Crippen LogP contribution in [0.3, 0.4) is 0 Å². The van der Waals surface area contributed by atoms with E-state index in [-0.39, 0.29) is 28.7 Å². The molecule has 3 rings (SSSR count). The fraction of sp³-hybridized carbons (Fsp3) is 0.200. The van der Waals surface area contributed by atoms with Crippen molar-refractivity contribution < 1.29 is 27.1 Å². The highest BCUT2D eigenvalue weighted by Gasteiger charge is 2.17. The number of hydrazine groups is 1. The lowest BCUT2D eigenvalue weighted by molar-refractivity contribution is -0.123. The van der Waals surface area contributed by atoms with Crippen molar-refractivity contribution in [1.82, 2.24) is 10.9 Å². The lowest BCUT2D eigenvalue weighted by Gasteiger charge is -2.15. The van der Waals surface area contributed by atoms with Gasteiger partial charge in [0.1, 0.15) is 11.6 Å². The highest BCUT2D eigenvalue weighted by atomic mass is 32.2. The van der Waals surface area contributed by atoms with Gasteiger partial charge in [0.2, 0.25) is 0 Å². The van der Waals surface area contributed by atoms with E-state index in [9.17, 15) is 22.4 Å².